The second-order valence-corrected chi connectivity index (χ2v) is 4.28. The van der Waals surface area contributed by atoms with Gasteiger partial charge in [0.25, 0.3) is 0 Å². The second kappa shape index (κ2) is 5.85. The zero-order valence-corrected chi connectivity index (χ0v) is 10.1. The number of rotatable bonds is 6. The molecule has 1 unspecified atom stereocenters. The Balaban J connectivity index is 2.50. The molecule has 0 saturated heterocycles. The molecule has 0 aliphatic carbocycles. The summed E-state index contributed by atoms with van der Waals surface area (Å²) >= 11 is 0. The number of nitrogens with one attached hydrogen (secondary N) is 1. The van der Waals surface area contributed by atoms with E-state index < -0.39 is 0 Å². The summed E-state index contributed by atoms with van der Waals surface area (Å²) in [6, 6.07) is 0.426. The van der Waals surface area contributed by atoms with E-state index in [2.05, 4.69) is 29.3 Å². The minimum absolute atomic E-state index is 0.426. The molecule has 0 radical (unpaired) electrons. The van der Waals surface area contributed by atoms with Gasteiger partial charge in [0, 0.05) is 18.9 Å². The fourth-order valence-corrected chi connectivity index (χ4v) is 1.60. The summed E-state index contributed by atoms with van der Waals surface area (Å²) in [5.41, 5.74) is 0. The van der Waals surface area contributed by atoms with Gasteiger partial charge in [-0.3, -0.25) is 0 Å². The van der Waals surface area contributed by atoms with Crippen molar-refractivity contribution in [2.24, 2.45) is 5.92 Å². The van der Waals surface area contributed by atoms with Gasteiger partial charge in [0.05, 0.1) is 0 Å². The van der Waals surface area contributed by atoms with Crippen molar-refractivity contribution in [3.63, 3.8) is 0 Å². The molecule has 1 rings (SSSR count). The molecule has 4 nitrogen and oxygen atoms in total. The Kier molecular flexibility index (Phi) is 4.75. The SMILES string of the molecule is CCc1noc(CC(CC(C)C)NC)n1. The molecule has 0 aliphatic heterocycles. The molecule has 4 heteroatoms. The zero-order chi connectivity index (χ0) is 11.3. The third-order valence-corrected chi connectivity index (χ3v) is 2.41. The van der Waals surface area contributed by atoms with Crippen LogP contribution in [0.4, 0.5) is 0 Å². The van der Waals surface area contributed by atoms with Gasteiger partial charge >= 0.3 is 0 Å². The van der Waals surface area contributed by atoms with Gasteiger partial charge in [0.2, 0.25) is 5.89 Å². The molecule has 0 aromatic carbocycles. The van der Waals surface area contributed by atoms with Crippen LogP contribution in [0.5, 0.6) is 0 Å². The smallest absolute Gasteiger partial charge is 0.228 e. The predicted molar refractivity (Wildman–Crippen MR) is 59.7 cm³/mol. The minimum atomic E-state index is 0.426. The normalized spacial score (nSPS) is 13.4. The van der Waals surface area contributed by atoms with E-state index in [1.807, 2.05) is 14.0 Å². The molecule has 0 saturated carbocycles. The van der Waals surface area contributed by atoms with Crippen molar-refractivity contribution in [3.8, 4) is 0 Å². The molecule has 0 amide bonds. The van der Waals surface area contributed by atoms with Crippen molar-refractivity contribution >= 4 is 0 Å². The third-order valence-electron chi connectivity index (χ3n) is 2.41. The molecule has 1 N–H and O–H groups in total. The van der Waals surface area contributed by atoms with Crippen LogP contribution in [0.3, 0.4) is 0 Å². The lowest BCUT2D eigenvalue weighted by atomic mass is 10.0. The number of likely N-dealkylation sites (N-methyl/N-ethyl adjacent to an activating group) is 1. The topological polar surface area (TPSA) is 51.0 Å². The number of nitrogens with zero attached hydrogens (tertiary/aromatic N) is 2. The molecule has 15 heavy (non-hydrogen) atoms. The Morgan fingerprint density at radius 3 is 2.60 bits per heavy atom. The van der Waals surface area contributed by atoms with Gasteiger partial charge in [-0.25, -0.2) is 0 Å². The average Bonchev–Trinajstić information content (AvgIpc) is 2.64. The summed E-state index contributed by atoms with van der Waals surface area (Å²) in [5.74, 6) is 2.22. The first kappa shape index (κ1) is 12.2. The van der Waals surface area contributed by atoms with Gasteiger partial charge in [0.15, 0.2) is 5.82 Å². The van der Waals surface area contributed by atoms with E-state index in [9.17, 15) is 0 Å². The number of hydrogen-bond donors (Lipinski definition) is 1. The molecule has 86 valence electrons. The molecule has 1 aromatic rings. The van der Waals surface area contributed by atoms with E-state index in [0.717, 1.165) is 31.0 Å². The van der Waals surface area contributed by atoms with Crippen LogP contribution in [0.25, 0.3) is 0 Å². The highest BCUT2D eigenvalue weighted by Crippen LogP contribution is 2.09. The fourth-order valence-electron chi connectivity index (χ4n) is 1.60. The standard InChI is InChI=1S/C11H21N3O/c1-5-10-13-11(15-14-10)7-9(12-4)6-8(2)3/h8-9,12H,5-7H2,1-4H3. The Labute approximate surface area is 91.5 Å². The minimum Gasteiger partial charge on any atom is -0.339 e. The first-order valence-electron chi connectivity index (χ1n) is 5.64. The van der Waals surface area contributed by atoms with Gasteiger partial charge in [0.1, 0.15) is 0 Å². The first-order valence-corrected chi connectivity index (χ1v) is 5.64. The maximum absolute atomic E-state index is 5.17. The van der Waals surface area contributed by atoms with Crippen molar-refractivity contribution in [2.45, 2.75) is 46.1 Å². The van der Waals surface area contributed by atoms with Gasteiger partial charge in [-0.05, 0) is 19.4 Å². The van der Waals surface area contributed by atoms with Crippen molar-refractivity contribution in [1.82, 2.24) is 15.5 Å². The summed E-state index contributed by atoms with van der Waals surface area (Å²) in [7, 11) is 1.98. The Bertz CT molecular complexity index is 283. The lowest BCUT2D eigenvalue weighted by Gasteiger charge is -2.15. The van der Waals surface area contributed by atoms with E-state index in [1.165, 1.54) is 0 Å². The van der Waals surface area contributed by atoms with Crippen LogP contribution < -0.4 is 5.32 Å². The van der Waals surface area contributed by atoms with E-state index in [-0.39, 0.29) is 0 Å². The van der Waals surface area contributed by atoms with Gasteiger partial charge in [-0.15, -0.1) is 0 Å². The van der Waals surface area contributed by atoms with Gasteiger partial charge < -0.3 is 9.84 Å². The molecule has 1 aromatic heterocycles. The molecule has 0 aliphatic rings. The summed E-state index contributed by atoms with van der Waals surface area (Å²) in [4.78, 5) is 4.31. The fraction of sp³-hybridized carbons (Fsp3) is 0.818. The summed E-state index contributed by atoms with van der Waals surface area (Å²) in [5, 5.41) is 7.17. The zero-order valence-electron chi connectivity index (χ0n) is 10.1. The van der Waals surface area contributed by atoms with E-state index in [0.29, 0.717) is 12.0 Å². The van der Waals surface area contributed by atoms with Gasteiger partial charge in [-0.1, -0.05) is 25.9 Å². The molecular weight excluding hydrogens is 190 g/mol. The Morgan fingerprint density at radius 1 is 1.40 bits per heavy atom. The van der Waals surface area contributed by atoms with Crippen LogP contribution in [0, 0.1) is 5.92 Å². The molecule has 1 heterocycles. The van der Waals surface area contributed by atoms with Crippen LogP contribution in [0.2, 0.25) is 0 Å². The monoisotopic (exact) mass is 211 g/mol. The molecule has 0 spiro atoms. The molecule has 0 fully saturated rings. The number of aromatic nitrogens is 2. The lowest BCUT2D eigenvalue weighted by Crippen LogP contribution is -2.29. The number of aryl methyl sites for hydroxylation is 1. The molecule has 1 atom stereocenters. The third kappa shape index (κ3) is 4.00. The largest absolute Gasteiger partial charge is 0.339 e. The predicted octanol–water partition coefficient (Wildman–Crippen LogP) is 1.81. The van der Waals surface area contributed by atoms with Gasteiger partial charge in [-0.2, -0.15) is 4.98 Å². The van der Waals surface area contributed by atoms with Crippen LogP contribution in [-0.2, 0) is 12.8 Å². The maximum Gasteiger partial charge on any atom is 0.228 e. The summed E-state index contributed by atoms with van der Waals surface area (Å²) in [6.45, 7) is 6.46. The maximum atomic E-state index is 5.17. The molecule has 0 bridgehead atoms. The van der Waals surface area contributed by atoms with Crippen molar-refractivity contribution in [1.29, 1.82) is 0 Å². The van der Waals surface area contributed by atoms with E-state index in [1.54, 1.807) is 0 Å². The van der Waals surface area contributed by atoms with Crippen LogP contribution in [0.15, 0.2) is 4.52 Å². The van der Waals surface area contributed by atoms with E-state index in [4.69, 9.17) is 4.52 Å². The second-order valence-electron chi connectivity index (χ2n) is 4.28. The van der Waals surface area contributed by atoms with Crippen LogP contribution in [-0.4, -0.2) is 23.2 Å². The van der Waals surface area contributed by atoms with Crippen molar-refractivity contribution in [2.75, 3.05) is 7.05 Å². The number of hydrogen-bond acceptors (Lipinski definition) is 4. The summed E-state index contributed by atoms with van der Waals surface area (Å²) < 4.78 is 5.17. The van der Waals surface area contributed by atoms with Crippen LogP contribution in [0.1, 0.15) is 38.9 Å². The molecular formula is C11H21N3O. The summed E-state index contributed by atoms with van der Waals surface area (Å²) in [6.07, 6.45) is 2.78. The first-order chi connectivity index (χ1) is 7.15. The van der Waals surface area contributed by atoms with E-state index >= 15 is 0 Å². The highest BCUT2D eigenvalue weighted by molar-refractivity contribution is 4.89. The highest BCUT2D eigenvalue weighted by Gasteiger charge is 2.13. The Morgan fingerprint density at radius 2 is 2.13 bits per heavy atom. The average molecular weight is 211 g/mol. The quantitative estimate of drug-likeness (QED) is 0.779. The highest BCUT2D eigenvalue weighted by atomic mass is 16.5. The van der Waals surface area contributed by atoms with Crippen molar-refractivity contribution in [3.05, 3.63) is 11.7 Å². The Hall–Kier alpha value is -0.900. The lowest BCUT2D eigenvalue weighted by molar-refractivity contribution is 0.342. The van der Waals surface area contributed by atoms with Crippen molar-refractivity contribution < 1.29 is 4.52 Å². The van der Waals surface area contributed by atoms with Crippen LogP contribution >= 0.6 is 0 Å².